The van der Waals surface area contributed by atoms with Crippen LogP contribution in [0.15, 0.2) is 60.8 Å². The molecule has 9 heteroatoms. The van der Waals surface area contributed by atoms with Crippen molar-refractivity contribution in [2.75, 3.05) is 50.7 Å². The monoisotopic (exact) mass is 488 g/mol. The van der Waals surface area contributed by atoms with Crippen molar-refractivity contribution in [1.29, 1.82) is 0 Å². The van der Waals surface area contributed by atoms with Gasteiger partial charge < -0.3 is 30.1 Å². The molecular formula is C27H32N6O3. The van der Waals surface area contributed by atoms with Gasteiger partial charge >= 0.3 is 0 Å². The first-order valence-electron chi connectivity index (χ1n) is 12.2. The second-order valence-corrected chi connectivity index (χ2v) is 8.79. The Morgan fingerprint density at radius 2 is 1.81 bits per heavy atom. The number of nitrogens with zero attached hydrogens (tertiary/aromatic N) is 4. The fraction of sp³-hybridized carbons (Fsp3) is 0.333. The molecule has 0 bridgehead atoms. The van der Waals surface area contributed by atoms with Crippen molar-refractivity contribution >= 4 is 22.8 Å². The molecule has 1 fully saturated rings. The van der Waals surface area contributed by atoms with E-state index in [9.17, 15) is 0 Å². The molecule has 36 heavy (non-hydrogen) atoms. The average Bonchev–Trinajstić information content (AvgIpc) is 3.35. The third kappa shape index (κ3) is 4.93. The van der Waals surface area contributed by atoms with Crippen molar-refractivity contribution in [2.45, 2.75) is 18.9 Å². The van der Waals surface area contributed by atoms with E-state index in [2.05, 4.69) is 32.7 Å². The molecule has 0 aliphatic carbocycles. The third-order valence-electron chi connectivity index (χ3n) is 6.62. The Morgan fingerprint density at radius 3 is 2.58 bits per heavy atom. The second-order valence-electron chi connectivity index (χ2n) is 8.79. The van der Waals surface area contributed by atoms with Gasteiger partial charge in [0, 0.05) is 43.0 Å². The van der Waals surface area contributed by atoms with Crippen LogP contribution in [0.25, 0.3) is 16.8 Å². The maximum atomic E-state index is 9.04. The van der Waals surface area contributed by atoms with Crippen LogP contribution in [0.3, 0.4) is 0 Å². The maximum Gasteiger partial charge on any atom is 0.245 e. The molecule has 0 spiro atoms. The van der Waals surface area contributed by atoms with Gasteiger partial charge in [0.25, 0.3) is 0 Å². The normalized spacial score (nSPS) is 14.2. The molecule has 0 unspecified atom stereocenters. The molecule has 2 aromatic heterocycles. The molecule has 1 saturated heterocycles. The van der Waals surface area contributed by atoms with Crippen LogP contribution in [-0.2, 0) is 0 Å². The number of aliphatic hydroxyl groups excluding tert-OH is 1. The molecule has 0 radical (unpaired) electrons. The van der Waals surface area contributed by atoms with Crippen molar-refractivity contribution < 1.29 is 14.6 Å². The highest BCUT2D eigenvalue weighted by atomic mass is 16.5. The summed E-state index contributed by atoms with van der Waals surface area (Å²) in [7, 11) is 3.34. The summed E-state index contributed by atoms with van der Waals surface area (Å²) >= 11 is 0. The first-order valence-corrected chi connectivity index (χ1v) is 12.2. The minimum Gasteiger partial charge on any atom is -0.496 e. The van der Waals surface area contributed by atoms with E-state index in [1.54, 1.807) is 20.4 Å². The van der Waals surface area contributed by atoms with Crippen LogP contribution in [0.4, 0.5) is 17.3 Å². The largest absolute Gasteiger partial charge is 0.496 e. The zero-order chi connectivity index (χ0) is 24.9. The summed E-state index contributed by atoms with van der Waals surface area (Å²) in [6.07, 6.45) is 3.88. The summed E-state index contributed by atoms with van der Waals surface area (Å²) in [5.41, 5.74) is 4.69. The Bertz CT molecular complexity index is 1320. The minimum absolute atomic E-state index is 0.175. The van der Waals surface area contributed by atoms with Crippen LogP contribution < -0.4 is 25.0 Å². The quantitative estimate of drug-likeness (QED) is 0.328. The highest BCUT2D eigenvalue weighted by Crippen LogP contribution is 2.34. The molecule has 5 rings (SSSR count). The van der Waals surface area contributed by atoms with E-state index in [1.807, 2.05) is 47.0 Å². The van der Waals surface area contributed by atoms with Crippen molar-refractivity contribution in [2.24, 2.45) is 0 Å². The van der Waals surface area contributed by atoms with Gasteiger partial charge in [0.05, 0.1) is 43.9 Å². The standard InChI is InChI=1S/C27H32N6O3/c1-35-25-6-4-3-5-22(25)24-10-8-21-18-29-27(31-33(21)24)30-23-9-7-20(17-26(23)36-2)32-14-11-19(12-15-32)28-13-16-34/h3-10,17-19,28,34H,11-16H2,1-2H3,(H,30,31). The van der Waals surface area contributed by atoms with E-state index in [4.69, 9.17) is 19.7 Å². The number of aromatic nitrogens is 3. The second kappa shape index (κ2) is 10.8. The lowest BCUT2D eigenvalue weighted by Crippen LogP contribution is -2.43. The zero-order valence-electron chi connectivity index (χ0n) is 20.6. The minimum atomic E-state index is 0.175. The Morgan fingerprint density at radius 1 is 1.00 bits per heavy atom. The molecule has 0 saturated carbocycles. The molecule has 188 valence electrons. The average molecular weight is 489 g/mol. The predicted octanol–water partition coefficient (Wildman–Crippen LogP) is 3.71. The number of rotatable bonds is 9. The van der Waals surface area contributed by atoms with E-state index in [1.165, 1.54) is 0 Å². The molecule has 3 N–H and O–H groups in total. The van der Waals surface area contributed by atoms with Crippen molar-refractivity contribution in [3.05, 3.63) is 60.8 Å². The summed E-state index contributed by atoms with van der Waals surface area (Å²) in [5.74, 6) is 1.99. The Balaban J connectivity index is 1.36. The van der Waals surface area contributed by atoms with Gasteiger partial charge in [-0.25, -0.2) is 9.50 Å². The highest BCUT2D eigenvalue weighted by molar-refractivity contribution is 5.72. The number of para-hydroxylation sites is 1. The molecule has 9 nitrogen and oxygen atoms in total. The Hall–Kier alpha value is -3.82. The van der Waals surface area contributed by atoms with E-state index in [0.717, 1.165) is 65.6 Å². The van der Waals surface area contributed by atoms with Gasteiger partial charge in [-0.2, -0.15) is 0 Å². The SMILES string of the molecule is COc1cc(N2CCC(NCCO)CC2)ccc1Nc1ncc2ccc(-c3ccccc3OC)n2n1. The molecule has 0 amide bonds. The number of hydrogen-bond acceptors (Lipinski definition) is 8. The molecular weight excluding hydrogens is 456 g/mol. The molecule has 1 aliphatic rings. The van der Waals surface area contributed by atoms with Gasteiger partial charge in [0.1, 0.15) is 11.5 Å². The van der Waals surface area contributed by atoms with Gasteiger partial charge in [-0.3, -0.25) is 0 Å². The Kier molecular flexibility index (Phi) is 7.20. The number of hydrogen-bond donors (Lipinski definition) is 3. The van der Waals surface area contributed by atoms with Gasteiger partial charge in [-0.15, -0.1) is 5.10 Å². The van der Waals surface area contributed by atoms with Gasteiger partial charge in [-0.1, -0.05) is 12.1 Å². The zero-order valence-corrected chi connectivity index (χ0v) is 20.6. The summed E-state index contributed by atoms with van der Waals surface area (Å²) in [5, 5.41) is 20.5. The predicted molar refractivity (Wildman–Crippen MR) is 142 cm³/mol. The van der Waals surface area contributed by atoms with Crippen LogP contribution in [0, 0.1) is 0 Å². The summed E-state index contributed by atoms with van der Waals surface area (Å²) in [6, 6.07) is 18.5. The van der Waals surface area contributed by atoms with E-state index in [-0.39, 0.29) is 6.61 Å². The summed E-state index contributed by atoms with van der Waals surface area (Å²) in [6.45, 7) is 2.74. The number of benzene rings is 2. The first kappa shape index (κ1) is 23.9. The van der Waals surface area contributed by atoms with Crippen LogP contribution in [0.5, 0.6) is 11.5 Å². The van der Waals surface area contributed by atoms with Crippen LogP contribution >= 0.6 is 0 Å². The smallest absolute Gasteiger partial charge is 0.245 e. The number of aliphatic hydroxyl groups is 1. The number of methoxy groups -OCH3 is 2. The van der Waals surface area contributed by atoms with Gasteiger partial charge in [0.2, 0.25) is 5.95 Å². The summed E-state index contributed by atoms with van der Waals surface area (Å²) < 4.78 is 13.1. The lowest BCUT2D eigenvalue weighted by molar-refractivity contribution is 0.277. The fourth-order valence-electron chi connectivity index (χ4n) is 4.73. The third-order valence-corrected chi connectivity index (χ3v) is 6.62. The summed E-state index contributed by atoms with van der Waals surface area (Å²) in [4.78, 5) is 6.87. The van der Waals surface area contributed by atoms with Crippen molar-refractivity contribution in [3.63, 3.8) is 0 Å². The lowest BCUT2D eigenvalue weighted by atomic mass is 10.0. The number of fused-ring (bicyclic) bond motifs is 1. The Labute approximate surface area is 210 Å². The lowest BCUT2D eigenvalue weighted by Gasteiger charge is -2.34. The van der Waals surface area contributed by atoms with Crippen molar-refractivity contribution in [1.82, 2.24) is 19.9 Å². The number of nitrogens with one attached hydrogen (secondary N) is 2. The number of ether oxygens (including phenoxy) is 2. The molecule has 0 atom stereocenters. The van der Waals surface area contributed by atoms with E-state index >= 15 is 0 Å². The molecule has 3 heterocycles. The van der Waals surface area contributed by atoms with Gasteiger partial charge in [-0.05, 0) is 49.2 Å². The van der Waals surface area contributed by atoms with Crippen molar-refractivity contribution in [3.8, 4) is 22.8 Å². The topological polar surface area (TPSA) is 96.2 Å². The van der Waals surface area contributed by atoms with E-state index in [0.29, 0.717) is 18.5 Å². The van der Waals surface area contributed by atoms with Gasteiger partial charge in [0.15, 0.2) is 0 Å². The van der Waals surface area contributed by atoms with Crippen LogP contribution in [0.2, 0.25) is 0 Å². The molecule has 4 aromatic rings. The number of anilines is 3. The van der Waals surface area contributed by atoms with Crippen LogP contribution in [0.1, 0.15) is 12.8 Å². The van der Waals surface area contributed by atoms with E-state index < -0.39 is 0 Å². The molecule has 2 aromatic carbocycles. The maximum absolute atomic E-state index is 9.04. The molecule has 1 aliphatic heterocycles. The first-order chi connectivity index (χ1) is 17.7. The fourth-order valence-corrected chi connectivity index (χ4v) is 4.73. The van der Waals surface area contributed by atoms with Crippen LogP contribution in [-0.4, -0.2) is 66.2 Å². The highest BCUT2D eigenvalue weighted by Gasteiger charge is 2.20. The number of piperidine rings is 1.